The highest BCUT2D eigenvalue weighted by atomic mass is 19.1. The zero-order valence-electron chi connectivity index (χ0n) is 13.4. The van der Waals surface area contributed by atoms with Gasteiger partial charge >= 0.3 is 0 Å². The second-order valence-corrected chi connectivity index (χ2v) is 5.29. The van der Waals surface area contributed by atoms with E-state index in [1.165, 1.54) is 30.5 Å². The molecule has 0 saturated heterocycles. The van der Waals surface area contributed by atoms with E-state index in [0.29, 0.717) is 5.69 Å². The molecule has 1 amide bonds. The van der Waals surface area contributed by atoms with Crippen LogP contribution in [0.2, 0.25) is 0 Å². The summed E-state index contributed by atoms with van der Waals surface area (Å²) >= 11 is 0. The van der Waals surface area contributed by atoms with E-state index in [9.17, 15) is 13.6 Å². The number of nitriles is 1. The molecule has 0 bridgehead atoms. The number of carbonyl (C=O) groups excluding carboxylic acids is 1. The number of nitrogens with one attached hydrogen (secondary N) is 1. The molecule has 0 saturated carbocycles. The standard InChI is InChI=1S/C19H12F2N4O/c20-14-4-6-15(7-5-14)25-9-1-2-16(25)12-23-24-19(26)17-8-3-13(11-22)10-18(17)21/h1-10,12H,(H,24,26)/b23-12-. The molecule has 5 nitrogen and oxygen atoms in total. The van der Waals surface area contributed by atoms with Crippen LogP contribution in [0.3, 0.4) is 0 Å². The maximum atomic E-state index is 13.8. The summed E-state index contributed by atoms with van der Waals surface area (Å²) in [4.78, 5) is 12.0. The Morgan fingerprint density at radius 3 is 2.62 bits per heavy atom. The first-order valence-electron chi connectivity index (χ1n) is 7.55. The van der Waals surface area contributed by atoms with Crippen LogP contribution >= 0.6 is 0 Å². The highest BCUT2D eigenvalue weighted by Gasteiger charge is 2.11. The second-order valence-electron chi connectivity index (χ2n) is 5.29. The zero-order chi connectivity index (χ0) is 18.5. The molecule has 26 heavy (non-hydrogen) atoms. The van der Waals surface area contributed by atoms with Crippen LogP contribution in [0.1, 0.15) is 21.6 Å². The first kappa shape index (κ1) is 17.0. The van der Waals surface area contributed by atoms with Gasteiger partial charge < -0.3 is 4.57 Å². The number of aromatic nitrogens is 1. The van der Waals surface area contributed by atoms with Gasteiger partial charge in [-0.15, -0.1) is 0 Å². The van der Waals surface area contributed by atoms with E-state index in [2.05, 4.69) is 10.5 Å². The lowest BCUT2D eigenvalue weighted by atomic mass is 10.1. The van der Waals surface area contributed by atoms with Crippen LogP contribution in [-0.4, -0.2) is 16.7 Å². The minimum Gasteiger partial charge on any atom is -0.316 e. The average Bonchev–Trinajstić information content (AvgIpc) is 3.10. The van der Waals surface area contributed by atoms with Gasteiger partial charge in [-0.25, -0.2) is 14.2 Å². The summed E-state index contributed by atoms with van der Waals surface area (Å²) in [7, 11) is 0. The highest BCUT2D eigenvalue weighted by Crippen LogP contribution is 2.13. The molecule has 128 valence electrons. The van der Waals surface area contributed by atoms with Gasteiger partial charge in [-0.1, -0.05) is 0 Å². The number of benzene rings is 2. The van der Waals surface area contributed by atoms with E-state index in [1.54, 1.807) is 41.1 Å². The minimum atomic E-state index is -0.800. The highest BCUT2D eigenvalue weighted by molar-refractivity contribution is 5.95. The largest absolute Gasteiger partial charge is 0.316 e. The van der Waals surface area contributed by atoms with Crippen molar-refractivity contribution in [2.45, 2.75) is 0 Å². The SMILES string of the molecule is N#Cc1ccc(C(=O)N/N=C\c2cccn2-c2ccc(F)cc2)c(F)c1. The van der Waals surface area contributed by atoms with Crippen molar-refractivity contribution >= 4 is 12.1 Å². The fourth-order valence-corrected chi connectivity index (χ4v) is 2.32. The molecule has 1 N–H and O–H groups in total. The second kappa shape index (κ2) is 7.40. The summed E-state index contributed by atoms with van der Waals surface area (Å²) < 4.78 is 28.6. The summed E-state index contributed by atoms with van der Waals surface area (Å²) in [5, 5.41) is 12.5. The van der Waals surface area contributed by atoms with Crippen LogP contribution in [0.15, 0.2) is 65.9 Å². The van der Waals surface area contributed by atoms with Gasteiger partial charge in [0.15, 0.2) is 0 Å². The Balaban J connectivity index is 1.74. The Labute approximate surface area is 147 Å². The predicted octanol–water partition coefficient (Wildman–Crippen LogP) is 3.39. The summed E-state index contributed by atoms with van der Waals surface area (Å²) in [6.07, 6.45) is 3.15. The maximum absolute atomic E-state index is 13.8. The van der Waals surface area contributed by atoms with Gasteiger partial charge in [0.25, 0.3) is 5.91 Å². The third-order valence-electron chi connectivity index (χ3n) is 3.59. The fraction of sp³-hybridized carbons (Fsp3) is 0. The molecule has 3 rings (SSSR count). The summed E-state index contributed by atoms with van der Waals surface area (Å²) in [6.45, 7) is 0. The molecule has 0 aliphatic carbocycles. The molecule has 0 aliphatic heterocycles. The van der Waals surface area contributed by atoms with Crippen LogP contribution < -0.4 is 5.43 Å². The van der Waals surface area contributed by atoms with Gasteiger partial charge in [-0.05, 0) is 54.6 Å². The van der Waals surface area contributed by atoms with Gasteiger partial charge in [0, 0.05) is 11.9 Å². The summed E-state index contributed by atoms with van der Waals surface area (Å²) in [5.41, 5.74) is 3.51. The lowest BCUT2D eigenvalue weighted by Gasteiger charge is -2.06. The van der Waals surface area contributed by atoms with Gasteiger partial charge in [0.1, 0.15) is 11.6 Å². The van der Waals surface area contributed by atoms with Crippen molar-refractivity contribution in [2.24, 2.45) is 5.10 Å². The maximum Gasteiger partial charge on any atom is 0.274 e. The quantitative estimate of drug-likeness (QED) is 0.579. The van der Waals surface area contributed by atoms with E-state index in [-0.39, 0.29) is 16.9 Å². The number of nitrogens with zero attached hydrogens (tertiary/aromatic N) is 3. The molecule has 2 aromatic carbocycles. The van der Waals surface area contributed by atoms with Crippen molar-refractivity contribution in [3.8, 4) is 11.8 Å². The topological polar surface area (TPSA) is 70.2 Å². The van der Waals surface area contributed by atoms with E-state index in [1.807, 2.05) is 0 Å². The summed E-state index contributed by atoms with van der Waals surface area (Å²) in [5.74, 6) is -1.87. The van der Waals surface area contributed by atoms with Gasteiger partial charge in [-0.3, -0.25) is 4.79 Å². The third kappa shape index (κ3) is 3.65. The van der Waals surface area contributed by atoms with Crippen LogP contribution in [0.25, 0.3) is 5.69 Å². The molecule has 0 unspecified atom stereocenters. The first-order chi connectivity index (χ1) is 12.6. The van der Waals surface area contributed by atoms with Crippen molar-refractivity contribution < 1.29 is 13.6 Å². The molecule has 0 radical (unpaired) electrons. The molecule has 0 atom stereocenters. The predicted molar refractivity (Wildman–Crippen MR) is 91.9 cm³/mol. The monoisotopic (exact) mass is 350 g/mol. The Kier molecular flexibility index (Phi) is 4.85. The summed E-state index contributed by atoms with van der Waals surface area (Å²) in [6, 6.07) is 14.8. The van der Waals surface area contributed by atoms with E-state index in [0.717, 1.165) is 11.8 Å². The molecule has 1 aromatic heterocycles. The molecular formula is C19H12F2N4O. The van der Waals surface area contributed by atoms with Crippen LogP contribution in [0.5, 0.6) is 0 Å². The van der Waals surface area contributed by atoms with Gasteiger partial charge in [0.05, 0.1) is 29.1 Å². The first-order valence-corrected chi connectivity index (χ1v) is 7.55. The van der Waals surface area contributed by atoms with Crippen molar-refractivity contribution in [1.29, 1.82) is 5.26 Å². The molecule has 0 fully saturated rings. The molecular weight excluding hydrogens is 338 g/mol. The van der Waals surface area contributed by atoms with Gasteiger partial charge in [0.2, 0.25) is 0 Å². The van der Waals surface area contributed by atoms with Crippen molar-refractivity contribution in [3.05, 3.63) is 89.2 Å². The number of hydrazone groups is 1. The van der Waals surface area contributed by atoms with E-state index < -0.39 is 11.7 Å². The number of hydrogen-bond acceptors (Lipinski definition) is 3. The molecule has 0 spiro atoms. The average molecular weight is 350 g/mol. The smallest absolute Gasteiger partial charge is 0.274 e. The van der Waals surface area contributed by atoms with Crippen LogP contribution in [0, 0.1) is 23.0 Å². The van der Waals surface area contributed by atoms with Crippen molar-refractivity contribution in [1.82, 2.24) is 9.99 Å². The van der Waals surface area contributed by atoms with E-state index in [4.69, 9.17) is 5.26 Å². The number of amides is 1. The normalized spacial score (nSPS) is 10.7. The van der Waals surface area contributed by atoms with Crippen LogP contribution in [0.4, 0.5) is 8.78 Å². The van der Waals surface area contributed by atoms with Crippen molar-refractivity contribution in [3.63, 3.8) is 0 Å². The third-order valence-corrected chi connectivity index (χ3v) is 3.59. The Hall–Kier alpha value is -3.79. The van der Waals surface area contributed by atoms with Gasteiger partial charge in [-0.2, -0.15) is 10.4 Å². The molecule has 3 aromatic rings. The number of carbonyl (C=O) groups is 1. The van der Waals surface area contributed by atoms with E-state index >= 15 is 0 Å². The molecule has 0 aliphatic rings. The minimum absolute atomic E-state index is 0.125. The number of halogens is 2. The Bertz CT molecular complexity index is 1020. The lowest BCUT2D eigenvalue weighted by Crippen LogP contribution is -2.19. The fourth-order valence-electron chi connectivity index (χ4n) is 2.32. The molecule has 1 heterocycles. The lowest BCUT2D eigenvalue weighted by molar-refractivity contribution is 0.0951. The number of rotatable bonds is 4. The molecule has 7 heteroatoms. The Morgan fingerprint density at radius 1 is 1.15 bits per heavy atom. The van der Waals surface area contributed by atoms with Crippen molar-refractivity contribution in [2.75, 3.05) is 0 Å². The zero-order valence-corrected chi connectivity index (χ0v) is 13.4. The van der Waals surface area contributed by atoms with Crippen LogP contribution in [-0.2, 0) is 0 Å². The number of hydrogen-bond donors (Lipinski definition) is 1. The Morgan fingerprint density at radius 2 is 1.92 bits per heavy atom.